The molecular weight excluding hydrogens is 370 g/mol. The van der Waals surface area contributed by atoms with Crippen LogP contribution < -0.4 is 10.9 Å². The molecule has 1 unspecified atom stereocenters. The van der Waals surface area contributed by atoms with Gasteiger partial charge in [0.2, 0.25) is 5.91 Å². The maximum Gasteiger partial charge on any atom is 0.258 e. The van der Waals surface area contributed by atoms with Crippen LogP contribution in [0.2, 0.25) is 0 Å². The number of nitrogens with zero attached hydrogens (tertiary/aromatic N) is 1. The second kappa shape index (κ2) is 9.64. The third kappa shape index (κ3) is 4.87. The number of nitrogens with one attached hydrogen (secondary N) is 2. The Morgan fingerprint density at radius 1 is 1.18 bits per heavy atom. The van der Waals surface area contributed by atoms with Gasteiger partial charge >= 0.3 is 0 Å². The van der Waals surface area contributed by atoms with E-state index in [1.165, 1.54) is 4.88 Å². The Kier molecular flexibility index (Phi) is 6.98. The second-order valence-corrected chi connectivity index (χ2v) is 8.00. The van der Waals surface area contributed by atoms with Crippen LogP contribution in [0, 0.1) is 5.92 Å². The molecule has 28 heavy (non-hydrogen) atoms. The molecule has 0 fully saturated rings. The van der Waals surface area contributed by atoms with E-state index in [1.807, 2.05) is 24.3 Å². The predicted molar refractivity (Wildman–Crippen MR) is 115 cm³/mol. The van der Waals surface area contributed by atoms with Gasteiger partial charge in [-0.1, -0.05) is 44.9 Å². The van der Waals surface area contributed by atoms with Gasteiger partial charge in [0, 0.05) is 17.7 Å². The number of thiophene rings is 1. The Morgan fingerprint density at radius 3 is 2.68 bits per heavy atom. The number of amides is 1. The number of para-hydroxylation sites is 1. The number of carbonyl (C=O) groups is 1. The second-order valence-electron chi connectivity index (χ2n) is 7.02. The smallest absolute Gasteiger partial charge is 0.258 e. The number of benzene rings is 1. The van der Waals surface area contributed by atoms with Crippen molar-refractivity contribution in [3.05, 3.63) is 62.8 Å². The summed E-state index contributed by atoms with van der Waals surface area (Å²) in [6, 6.07) is 11.5. The number of carbonyl (C=O) groups excluding carboxylic acids is 1. The number of aromatic nitrogens is 2. The van der Waals surface area contributed by atoms with Crippen LogP contribution in [0.1, 0.15) is 56.3 Å². The van der Waals surface area contributed by atoms with Crippen molar-refractivity contribution in [3.8, 4) is 0 Å². The standard InChI is InChI=1S/C22H27N3O2S/c1-3-15(4-2)21(18-11-8-14-28-18)25-20(26)13-7-12-19-23-17-10-6-5-9-16(17)22(27)24-19/h5-6,8-11,14-15,21H,3-4,7,12-13H2,1-2H3,(H,25,26)(H,23,24,27). The van der Waals surface area contributed by atoms with Gasteiger partial charge in [-0.05, 0) is 35.9 Å². The Hall–Kier alpha value is -2.47. The summed E-state index contributed by atoms with van der Waals surface area (Å²) in [5.41, 5.74) is 0.564. The maximum absolute atomic E-state index is 12.6. The first-order valence-corrected chi connectivity index (χ1v) is 10.8. The fraction of sp³-hybridized carbons (Fsp3) is 0.409. The predicted octanol–water partition coefficient (Wildman–Crippen LogP) is 4.60. The molecule has 3 aromatic rings. The molecule has 1 amide bonds. The van der Waals surface area contributed by atoms with E-state index in [-0.39, 0.29) is 17.5 Å². The van der Waals surface area contributed by atoms with Gasteiger partial charge in [0.1, 0.15) is 5.82 Å². The van der Waals surface area contributed by atoms with Crippen molar-refractivity contribution >= 4 is 28.1 Å². The van der Waals surface area contributed by atoms with E-state index in [1.54, 1.807) is 17.4 Å². The van der Waals surface area contributed by atoms with Gasteiger partial charge in [0.05, 0.1) is 16.9 Å². The summed E-state index contributed by atoms with van der Waals surface area (Å²) in [5.74, 6) is 1.11. The Bertz CT molecular complexity index is 961. The van der Waals surface area contributed by atoms with Gasteiger partial charge in [-0.2, -0.15) is 0 Å². The fourth-order valence-electron chi connectivity index (χ4n) is 3.56. The molecule has 0 bridgehead atoms. The minimum atomic E-state index is -0.128. The molecule has 0 aliphatic heterocycles. The van der Waals surface area contributed by atoms with Gasteiger partial charge in [0.25, 0.3) is 5.56 Å². The highest BCUT2D eigenvalue weighted by Gasteiger charge is 2.23. The fourth-order valence-corrected chi connectivity index (χ4v) is 4.43. The summed E-state index contributed by atoms with van der Waals surface area (Å²) in [6.45, 7) is 4.34. The van der Waals surface area contributed by atoms with Crippen molar-refractivity contribution in [2.24, 2.45) is 5.92 Å². The lowest BCUT2D eigenvalue weighted by Crippen LogP contribution is -2.32. The van der Waals surface area contributed by atoms with Crippen molar-refractivity contribution in [3.63, 3.8) is 0 Å². The summed E-state index contributed by atoms with van der Waals surface area (Å²) < 4.78 is 0. The summed E-state index contributed by atoms with van der Waals surface area (Å²) in [5, 5.41) is 5.87. The van der Waals surface area contributed by atoms with Crippen LogP contribution in [0.25, 0.3) is 10.9 Å². The van der Waals surface area contributed by atoms with Gasteiger partial charge < -0.3 is 10.3 Å². The zero-order valence-electron chi connectivity index (χ0n) is 16.4. The number of hydrogen-bond donors (Lipinski definition) is 2. The number of hydrogen-bond acceptors (Lipinski definition) is 4. The molecule has 6 heteroatoms. The van der Waals surface area contributed by atoms with Gasteiger partial charge in [0.15, 0.2) is 0 Å². The summed E-state index contributed by atoms with van der Waals surface area (Å²) >= 11 is 1.69. The molecule has 0 aliphatic rings. The lowest BCUT2D eigenvalue weighted by Gasteiger charge is -2.25. The molecule has 2 heterocycles. The number of fused-ring (bicyclic) bond motifs is 1. The maximum atomic E-state index is 12.6. The van der Waals surface area contributed by atoms with E-state index in [4.69, 9.17) is 0 Å². The number of rotatable bonds is 9. The number of aromatic amines is 1. The molecule has 1 aromatic carbocycles. The van der Waals surface area contributed by atoms with Crippen molar-refractivity contribution in [1.82, 2.24) is 15.3 Å². The molecule has 2 N–H and O–H groups in total. The Morgan fingerprint density at radius 2 is 1.96 bits per heavy atom. The minimum Gasteiger partial charge on any atom is -0.348 e. The van der Waals surface area contributed by atoms with Crippen LogP contribution in [-0.2, 0) is 11.2 Å². The van der Waals surface area contributed by atoms with Crippen LogP contribution >= 0.6 is 11.3 Å². The van der Waals surface area contributed by atoms with E-state index in [2.05, 4.69) is 40.6 Å². The first-order valence-electron chi connectivity index (χ1n) is 9.93. The molecule has 0 radical (unpaired) electrons. The molecule has 1 atom stereocenters. The molecule has 0 aliphatic carbocycles. The monoisotopic (exact) mass is 397 g/mol. The number of H-pyrrole nitrogens is 1. The van der Waals surface area contributed by atoms with E-state index in [0.717, 1.165) is 12.8 Å². The minimum absolute atomic E-state index is 0.0495. The van der Waals surface area contributed by atoms with Crippen molar-refractivity contribution in [1.29, 1.82) is 0 Å². The lowest BCUT2D eigenvalue weighted by atomic mass is 9.93. The zero-order valence-corrected chi connectivity index (χ0v) is 17.2. The molecule has 2 aromatic heterocycles. The molecule has 0 saturated carbocycles. The number of aryl methyl sites for hydroxylation is 1. The third-order valence-electron chi connectivity index (χ3n) is 5.17. The highest BCUT2D eigenvalue weighted by molar-refractivity contribution is 7.10. The lowest BCUT2D eigenvalue weighted by molar-refractivity contribution is -0.122. The first-order chi connectivity index (χ1) is 13.6. The van der Waals surface area contributed by atoms with Crippen molar-refractivity contribution in [2.45, 2.75) is 52.0 Å². The van der Waals surface area contributed by atoms with Gasteiger partial charge in [-0.15, -0.1) is 11.3 Å². The van der Waals surface area contributed by atoms with Crippen LogP contribution in [0.5, 0.6) is 0 Å². The Balaban J connectivity index is 1.60. The summed E-state index contributed by atoms with van der Waals surface area (Å²) in [7, 11) is 0. The van der Waals surface area contributed by atoms with Crippen LogP contribution in [0.4, 0.5) is 0 Å². The van der Waals surface area contributed by atoms with Gasteiger partial charge in [-0.3, -0.25) is 9.59 Å². The first kappa shape index (κ1) is 20.3. The summed E-state index contributed by atoms with van der Waals surface area (Å²) in [6.07, 6.45) is 3.69. The van der Waals surface area contributed by atoms with Gasteiger partial charge in [-0.25, -0.2) is 4.98 Å². The highest BCUT2D eigenvalue weighted by atomic mass is 32.1. The quantitative estimate of drug-likeness (QED) is 0.554. The summed E-state index contributed by atoms with van der Waals surface area (Å²) in [4.78, 5) is 33.2. The molecule has 0 spiro atoms. The molecule has 0 saturated heterocycles. The van der Waals surface area contributed by atoms with Crippen molar-refractivity contribution in [2.75, 3.05) is 0 Å². The van der Waals surface area contributed by atoms with Crippen LogP contribution in [-0.4, -0.2) is 15.9 Å². The largest absolute Gasteiger partial charge is 0.348 e. The van der Waals surface area contributed by atoms with Crippen LogP contribution in [0.3, 0.4) is 0 Å². The molecule has 5 nitrogen and oxygen atoms in total. The Labute approximate surface area is 169 Å². The van der Waals surface area contributed by atoms with E-state index in [0.29, 0.717) is 41.9 Å². The average Bonchev–Trinajstić information content (AvgIpc) is 3.23. The highest BCUT2D eigenvalue weighted by Crippen LogP contribution is 2.30. The van der Waals surface area contributed by atoms with Crippen LogP contribution in [0.15, 0.2) is 46.6 Å². The average molecular weight is 398 g/mol. The zero-order chi connectivity index (χ0) is 19.9. The topological polar surface area (TPSA) is 74.8 Å². The molecule has 148 valence electrons. The van der Waals surface area contributed by atoms with E-state index >= 15 is 0 Å². The van der Waals surface area contributed by atoms with E-state index in [9.17, 15) is 9.59 Å². The molecule has 3 rings (SSSR count). The SMILES string of the molecule is CCC(CC)C(NC(=O)CCCc1nc2ccccc2c(=O)[nH]1)c1cccs1. The van der Waals surface area contributed by atoms with E-state index < -0.39 is 0 Å². The molecular formula is C22H27N3O2S. The normalized spacial score (nSPS) is 12.4. The van der Waals surface area contributed by atoms with Crippen molar-refractivity contribution < 1.29 is 4.79 Å². The third-order valence-corrected chi connectivity index (χ3v) is 6.12.